The highest BCUT2D eigenvalue weighted by molar-refractivity contribution is 5.97. The van der Waals surface area contributed by atoms with Crippen LogP contribution in [-0.2, 0) is 36.8 Å². The maximum Gasteiger partial charge on any atom is 0.317 e. The number of carbonyl (C=O) groups excluding carboxylic acids is 4. The molecule has 8 N–H and O–H groups in total. The number of phenolic OH excluding ortho intramolecular Hbond substituents is 1. The fourth-order valence-corrected chi connectivity index (χ4v) is 8.14. The van der Waals surface area contributed by atoms with E-state index in [1.54, 1.807) is 12.1 Å². The lowest BCUT2D eigenvalue weighted by Gasteiger charge is -2.57. The number of nitrogens with one attached hydrogen (secondary N) is 2. The molecule has 13 nitrogen and oxygen atoms in total. The van der Waals surface area contributed by atoms with Crippen LogP contribution in [0.15, 0.2) is 54.6 Å². The monoisotopic (exact) mass is 718 g/mol. The minimum atomic E-state index is -1.04. The first-order valence-corrected chi connectivity index (χ1v) is 18.7. The smallest absolute Gasteiger partial charge is 0.317 e. The predicted octanol–water partition coefficient (Wildman–Crippen LogP) is 1.88. The Morgan fingerprint density at radius 1 is 0.846 bits per heavy atom. The van der Waals surface area contributed by atoms with Crippen LogP contribution in [0.3, 0.4) is 0 Å². The summed E-state index contributed by atoms with van der Waals surface area (Å²) in [5.41, 5.74) is 12.6. The number of ketones is 1. The standard InChI is InChI=1S/C39H54N6O7/c40-18-8-5-11-32(37(51)45-28-21-29(45)24-44(23-28)25-35(48)49)43-38(52)39(16-6-2-7-17-39)22-34(47)33(20-26-9-3-1-4-10-26)42-36(50)31(41)19-27-12-14-30(46)15-13-27/h1,3-4,9-10,12-15,28-29,31-33,46H,2,5-8,11,16-25,40-41H2,(H,42,50)(H,43,52)(H,48,49). The summed E-state index contributed by atoms with van der Waals surface area (Å²) < 4.78 is 0. The molecule has 0 spiro atoms. The van der Waals surface area contributed by atoms with E-state index in [4.69, 9.17) is 11.5 Å². The number of piperazine rings is 1. The van der Waals surface area contributed by atoms with Crippen LogP contribution in [0.5, 0.6) is 5.75 Å². The van der Waals surface area contributed by atoms with Gasteiger partial charge in [-0.3, -0.25) is 28.9 Å². The van der Waals surface area contributed by atoms with Crippen LogP contribution in [0, 0.1) is 5.41 Å². The molecule has 2 bridgehead atoms. The Morgan fingerprint density at radius 3 is 2.13 bits per heavy atom. The number of rotatable bonds is 18. The predicted molar refractivity (Wildman–Crippen MR) is 195 cm³/mol. The summed E-state index contributed by atoms with van der Waals surface area (Å²) in [7, 11) is 0. The third-order valence-electron chi connectivity index (χ3n) is 11.0. The van der Waals surface area contributed by atoms with Crippen molar-refractivity contribution < 1.29 is 34.2 Å². The van der Waals surface area contributed by atoms with E-state index < -0.39 is 35.4 Å². The molecule has 52 heavy (non-hydrogen) atoms. The number of unbranched alkanes of at least 4 members (excludes halogenated alkanes) is 1. The third kappa shape index (κ3) is 9.96. The zero-order chi connectivity index (χ0) is 37.3. The number of likely N-dealkylation sites (tertiary alicyclic amines) is 2. The van der Waals surface area contributed by atoms with Gasteiger partial charge in [0.25, 0.3) is 0 Å². The van der Waals surface area contributed by atoms with E-state index in [2.05, 4.69) is 10.6 Å². The van der Waals surface area contributed by atoms with Gasteiger partial charge in [-0.05, 0) is 81.2 Å². The second-order valence-electron chi connectivity index (χ2n) is 14.9. The number of hydrogen-bond acceptors (Lipinski definition) is 9. The number of aromatic hydroxyl groups is 1. The molecule has 2 aromatic carbocycles. The molecule has 2 aliphatic heterocycles. The number of benzene rings is 2. The number of Topliss-reactive ketones (excluding diaryl/α,β-unsaturated/α-hetero) is 1. The normalized spacial score (nSPS) is 21.2. The van der Waals surface area contributed by atoms with Crippen molar-refractivity contribution in [3.8, 4) is 5.75 Å². The van der Waals surface area contributed by atoms with Gasteiger partial charge in [-0.15, -0.1) is 0 Å². The topological polar surface area (TPSA) is 208 Å². The van der Waals surface area contributed by atoms with Crippen molar-refractivity contribution in [3.05, 3.63) is 65.7 Å². The van der Waals surface area contributed by atoms with Crippen LogP contribution in [0.2, 0.25) is 0 Å². The van der Waals surface area contributed by atoms with Gasteiger partial charge in [0.2, 0.25) is 17.7 Å². The Kier molecular flexibility index (Phi) is 13.4. The SMILES string of the molecule is NCCCCC(NC(=O)C1(CC(=O)C(Cc2ccccc2)NC(=O)C(N)Cc2ccc(O)cc2)CCCCC1)C(=O)N1C2CC1CN(CC(=O)O)C2. The van der Waals surface area contributed by atoms with E-state index in [0.717, 1.165) is 36.8 Å². The lowest BCUT2D eigenvalue weighted by molar-refractivity contribution is -0.160. The van der Waals surface area contributed by atoms with Crippen molar-refractivity contribution >= 4 is 29.5 Å². The van der Waals surface area contributed by atoms with Crippen molar-refractivity contribution in [2.24, 2.45) is 16.9 Å². The molecule has 3 amide bonds. The fourth-order valence-electron chi connectivity index (χ4n) is 8.14. The van der Waals surface area contributed by atoms with E-state index in [1.807, 2.05) is 40.1 Å². The van der Waals surface area contributed by atoms with Gasteiger partial charge in [-0.25, -0.2) is 0 Å². The molecule has 5 unspecified atom stereocenters. The summed E-state index contributed by atoms with van der Waals surface area (Å²) in [4.78, 5) is 71.2. The lowest BCUT2D eigenvalue weighted by atomic mass is 9.69. The summed E-state index contributed by atoms with van der Waals surface area (Å²) in [5, 5.41) is 24.9. The largest absolute Gasteiger partial charge is 0.508 e. The highest BCUT2D eigenvalue weighted by atomic mass is 16.4. The average molecular weight is 719 g/mol. The van der Waals surface area contributed by atoms with E-state index in [0.29, 0.717) is 51.7 Å². The fraction of sp³-hybridized carbons (Fsp3) is 0.564. The number of nitrogens with zero attached hydrogens (tertiary/aromatic N) is 2. The quantitative estimate of drug-likeness (QED) is 0.123. The second-order valence-corrected chi connectivity index (χ2v) is 14.9. The van der Waals surface area contributed by atoms with Crippen molar-refractivity contribution in [1.82, 2.24) is 20.4 Å². The Balaban J connectivity index is 1.31. The van der Waals surface area contributed by atoms with Gasteiger partial charge >= 0.3 is 5.97 Å². The summed E-state index contributed by atoms with van der Waals surface area (Å²) in [5.74, 6) is -2.05. The van der Waals surface area contributed by atoms with Gasteiger partial charge < -0.3 is 37.2 Å². The first kappa shape index (κ1) is 38.9. The van der Waals surface area contributed by atoms with E-state index in [1.165, 1.54) is 12.1 Å². The van der Waals surface area contributed by atoms with Gasteiger partial charge in [-0.2, -0.15) is 0 Å². The number of hydrogen-bond donors (Lipinski definition) is 6. The molecule has 282 valence electrons. The zero-order valence-electron chi connectivity index (χ0n) is 29.9. The number of carboxylic acid groups (broad SMARTS) is 1. The average Bonchev–Trinajstić information content (AvgIpc) is 3.12. The Hall–Kier alpha value is -4.33. The number of aliphatic carboxylic acids is 1. The van der Waals surface area contributed by atoms with Gasteiger partial charge in [-0.1, -0.05) is 61.7 Å². The van der Waals surface area contributed by atoms with E-state index >= 15 is 0 Å². The molecular formula is C39H54N6O7. The number of fused-ring (bicyclic) bond motifs is 2. The van der Waals surface area contributed by atoms with Crippen LogP contribution >= 0.6 is 0 Å². The minimum Gasteiger partial charge on any atom is -0.508 e. The lowest BCUT2D eigenvalue weighted by Crippen LogP contribution is -2.72. The molecule has 1 aliphatic carbocycles. The highest BCUT2D eigenvalue weighted by Gasteiger charge is 2.50. The van der Waals surface area contributed by atoms with Crippen LogP contribution in [0.4, 0.5) is 0 Å². The van der Waals surface area contributed by atoms with Gasteiger partial charge in [0.1, 0.15) is 11.8 Å². The number of amides is 3. The molecule has 3 fully saturated rings. The Morgan fingerprint density at radius 2 is 1.50 bits per heavy atom. The Labute approximate surface area is 305 Å². The van der Waals surface area contributed by atoms with Gasteiger partial charge in [0.15, 0.2) is 5.78 Å². The summed E-state index contributed by atoms with van der Waals surface area (Å²) >= 11 is 0. The van der Waals surface area contributed by atoms with Crippen LogP contribution in [0.25, 0.3) is 0 Å². The maximum atomic E-state index is 14.4. The Bertz CT molecular complexity index is 1540. The number of nitrogens with two attached hydrogens (primary N) is 2. The summed E-state index contributed by atoms with van der Waals surface area (Å²) in [6, 6.07) is 12.9. The molecule has 5 atom stereocenters. The summed E-state index contributed by atoms with van der Waals surface area (Å²) in [6.45, 7) is 1.34. The molecule has 0 aromatic heterocycles. The molecule has 13 heteroatoms. The molecule has 2 heterocycles. The second kappa shape index (κ2) is 17.9. The highest BCUT2D eigenvalue weighted by Crippen LogP contribution is 2.41. The van der Waals surface area contributed by atoms with Gasteiger partial charge in [0, 0.05) is 31.6 Å². The molecule has 2 aromatic rings. The molecule has 0 radical (unpaired) electrons. The first-order valence-electron chi connectivity index (χ1n) is 18.7. The molecular weight excluding hydrogens is 664 g/mol. The molecule has 1 saturated carbocycles. The van der Waals surface area contributed by atoms with E-state index in [-0.39, 0.29) is 61.2 Å². The third-order valence-corrected chi connectivity index (χ3v) is 11.0. The van der Waals surface area contributed by atoms with Crippen LogP contribution < -0.4 is 22.1 Å². The first-order chi connectivity index (χ1) is 25.0. The summed E-state index contributed by atoms with van der Waals surface area (Å²) in [6.07, 6.45) is 6.32. The van der Waals surface area contributed by atoms with Crippen molar-refractivity contribution in [3.63, 3.8) is 0 Å². The number of piperidine rings is 1. The minimum absolute atomic E-state index is 0.0711. The van der Waals surface area contributed by atoms with E-state index in [9.17, 15) is 34.2 Å². The number of carboxylic acids is 1. The van der Waals surface area contributed by atoms with Crippen LogP contribution in [-0.4, -0.2) is 106 Å². The maximum absolute atomic E-state index is 14.4. The van der Waals surface area contributed by atoms with Crippen molar-refractivity contribution in [2.45, 2.75) is 107 Å². The number of phenols is 1. The molecule has 5 rings (SSSR count). The molecule has 3 aliphatic rings. The number of carbonyl (C=O) groups is 5. The van der Waals surface area contributed by atoms with Crippen LogP contribution in [0.1, 0.15) is 75.3 Å². The van der Waals surface area contributed by atoms with Crippen molar-refractivity contribution in [1.29, 1.82) is 0 Å². The van der Waals surface area contributed by atoms with Gasteiger partial charge in [0.05, 0.1) is 24.0 Å². The zero-order valence-corrected chi connectivity index (χ0v) is 29.9. The van der Waals surface area contributed by atoms with Crippen molar-refractivity contribution in [2.75, 3.05) is 26.2 Å². The molecule has 2 saturated heterocycles.